The van der Waals surface area contributed by atoms with Crippen molar-refractivity contribution >= 4 is 52.0 Å². The zero-order chi connectivity index (χ0) is 25.1. The summed E-state index contributed by atoms with van der Waals surface area (Å²) in [7, 11) is 1.36. The zero-order valence-electron chi connectivity index (χ0n) is 19.2. The maximum atomic E-state index is 13.6. The molecule has 0 unspecified atom stereocenters. The van der Waals surface area contributed by atoms with E-state index < -0.39 is 11.8 Å². The number of halogens is 1. The van der Waals surface area contributed by atoms with Crippen LogP contribution in [0.15, 0.2) is 79.0 Å². The molecule has 0 spiro atoms. The zero-order valence-corrected chi connectivity index (χ0v) is 19.2. The van der Waals surface area contributed by atoms with Gasteiger partial charge in [0.2, 0.25) is 0 Å². The second-order valence-corrected chi connectivity index (χ2v) is 8.03. The maximum Gasteiger partial charge on any atom is 0.323 e. The minimum atomic E-state index is -0.513. The minimum Gasteiger partial charge on any atom is -0.494 e. The fraction of sp³-hybridized carbons (Fsp3) is 0.0370. The molecule has 4 aromatic rings. The predicted molar refractivity (Wildman–Crippen MR) is 139 cm³/mol. The summed E-state index contributed by atoms with van der Waals surface area (Å²) >= 11 is 0. The van der Waals surface area contributed by atoms with E-state index in [2.05, 4.69) is 26.3 Å². The molecule has 5 N–H and O–H groups in total. The van der Waals surface area contributed by atoms with Gasteiger partial charge in [-0.2, -0.15) is 0 Å². The number of amides is 3. The van der Waals surface area contributed by atoms with Crippen LogP contribution in [-0.2, 0) is 4.79 Å². The van der Waals surface area contributed by atoms with Crippen LogP contribution in [0.5, 0.6) is 5.75 Å². The second-order valence-electron chi connectivity index (χ2n) is 8.03. The predicted octanol–water partition coefficient (Wildman–Crippen LogP) is 6.04. The van der Waals surface area contributed by atoms with Crippen molar-refractivity contribution in [2.45, 2.75) is 0 Å². The number of hydrogen-bond donors (Lipinski definition) is 5. The van der Waals surface area contributed by atoms with Crippen LogP contribution < -0.4 is 26.0 Å². The Bertz CT molecular complexity index is 1480. The molecule has 5 rings (SSSR count). The van der Waals surface area contributed by atoms with Gasteiger partial charge in [-0.1, -0.05) is 12.1 Å². The molecule has 0 radical (unpaired) electrons. The topological polar surface area (TPSA) is 107 Å². The fourth-order valence-corrected chi connectivity index (χ4v) is 3.88. The Morgan fingerprint density at radius 2 is 1.67 bits per heavy atom. The van der Waals surface area contributed by atoms with Crippen molar-refractivity contribution < 1.29 is 18.7 Å². The number of fused-ring (bicyclic) bond motifs is 1. The van der Waals surface area contributed by atoms with Gasteiger partial charge in [0.25, 0.3) is 5.91 Å². The smallest absolute Gasteiger partial charge is 0.323 e. The number of anilines is 5. The van der Waals surface area contributed by atoms with Crippen molar-refractivity contribution in [2.24, 2.45) is 0 Å². The molecule has 2 heterocycles. The van der Waals surface area contributed by atoms with Crippen molar-refractivity contribution in [3.63, 3.8) is 0 Å². The molecular weight excluding hydrogens is 461 g/mol. The third-order valence-electron chi connectivity index (χ3n) is 5.54. The molecule has 0 aliphatic carbocycles. The molecule has 0 saturated carbocycles. The molecule has 9 heteroatoms. The molecule has 0 atom stereocenters. The molecule has 1 aromatic heterocycles. The van der Waals surface area contributed by atoms with Crippen LogP contribution in [0, 0.1) is 5.82 Å². The summed E-state index contributed by atoms with van der Waals surface area (Å²) < 4.78 is 18.5. The largest absolute Gasteiger partial charge is 0.494 e. The molecule has 180 valence electrons. The van der Waals surface area contributed by atoms with Crippen molar-refractivity contribution in [3.8, 4) is 5.75 Å². The van der Waals surface area contributed by atoms with E-state index in [0.29, 0.717) is 22.6 Å². The Labute approximate surface area is 206 Å². The lowest BCUT2D eigenvalue weighted by Gasteiger charge is -2.12. The van der Waals surface area contributed by atoms with Crippen LogP contribution in [0.2, 0.25) is 0 Å². The van der Waals surface area contributed by atoms with E-state index in [1.807, 2.05) is 42.5 Å². The number of benzene rings is 3. The SMILES string of the molecule is COc1cc(NC(=O)Nc2cccc(Nc3ccc4c(c3)NC(=O)/C4=C/c3ccc[nH]3)c2)ccc1F. The lowest BCUT2D eigenvalue weighted by Crippen LogP contribution is -2.19. The number of hydrogen-bond acceptors (Lipinski definition) is 4. The van der Waals surface area contributed by atoms with E-state index in [9.17, 15) is 14.0 Å². The summed E-state index contributed by atoms with van der Waals surface area (Å²) in [5, 5.41) is 11.6. The third kappa shape index (κ3) is 4.90. The van der Waals surface area contributed by atoms with Crippen LogP contribution in [0.3, 0.4) is 0 Å². The summed E-state index contributed by atoms with van der Waals surface area (Å²) in [6.07, 6.45) is 3.62. The van der Waals surface area contributed by atoms with Gasteiger partial charge in [-0.15, -0.1) is 0 Å². The maximum absolute atomic E-state index is 13.6. The molecule has 1 aliphatic rings. The normalized spacial score (nSPS) is 13.2. The number of aromatic amines is 1. The first-order valence-electron chi connectivity index (χ1n) is 11.1. The molecular formula is C27H22FN5O3. The van der Waals surface area contributed by atoms with Crippen molar-refractivity contribution in [1.29, 1.82) is 0 Å². The molecule has 3 aromatic carbocycles. The van der Waals surface area contributed by atoms with Crippen LogP contribution in [0.25, 0.3) is 11.6 Å². The van der Waals surface area contributed by atoms with Gasteiger partial charge in [0.05, 0.1) is 18.4 Å². The summed E-state index contributed by atoms with van der Waals surface area (Å²) in [6.45, 7) is 0. The highest BCUT2D eigenvalue weighted by molar-refractivity contribution is 6.35. The van der Waals surface area contributed by atoms with E-state index in [1.165, 1.54) is 25.3 Å². The first kappa shape index (κ1) is 22.7. The summed E-state index contributed by atoms with van der Waals surface area (Å²) in [5.74, 6) is -0.634. The van der Waals surface area contributed by atoms with Gasteiger partial charge in [-0.25, -0.2) is 9.18 Å². The Hall–Kier alpha value is -5.05. The number of H-pyrrole nitrogens is 1. The molecule has 1 aliphatic heterocycles. The van der Waals surface area contributed by atoms with Gasteiger partial charge < -0.3 is 31.0 Å². The van der Waals surface area contributed by atoms with Gasteiger partial charge >= 0.3 is 6.03 Å². The lowest BCUT2D eigenvalue weighted by molar-refractivity contribution is -0.110. The second kappa shape index (κ2) is 9.67. The van der Waals surface area contributed by atoms with E-state index in [1.54, 1.807) is 24.4 Å². The van der Waals surface area contributed by atoms with Crippen LogP contribution in [0.1, 0.15) is 11.3 Å². The highest BCUT2D eigenvalue weighted by Crippen LogP contribution is 2.35. The standard InChI is InChI=1S/C27H22FN5O3/c1-36-25-15-20(8-10-23(25)28)32-27(35)31-18-5-2-4-17(12-18)30-19-7-9-21-22(13-16-6-3-11-29-16)26(34)33-24(21)14-19/h2-15,29-30H,1H3,(H,33,34)(H2,31,32,35)/b22-13+. The van der Waals surface area contributed by atoms with Gasteiger partial charge in [0, 0.05) is 46.3 Å². The van der Waals surface area contributed by atoms with Gasteiger partial charge in [0.1, 0.15) is 0 Å². The van der Waals surface area contributed by atoms with E-state index in [4.69, 9.17) is 4.74 Å². The summed E-state index contributed by atoms with van der Waals surface area (Å²) in [4.78, 5) is 28.0. The van der Waals surface area contributed by atoms with Crippen LogP contribution in [-0.4, -0.2) is 24.0 Å². The molecule has 0 saturated heterocycles. The van der Waals surface area contributed by atoms with Crippen molar-refractivity contribution in [3.05, 3.63) is 96.1 Å². The minimum absolute atomic E-state index is 0.0384. The van der Waals surface area contributed by atoms with E-state index >= 15 is 0 Å². The molecule has 0 bridgehead atoms. The number of methoxy groups -OCH3 is 1. The average molecular weight is 484 g/mol. The number of carbonyl (C=O) groups is 2. The molecule has 8 nitrogen and oxygen atoms in total. The van der Waals surface area contributed by atoms with Crippen molar-refractivity contribution in [1.82, 2.24) is 4.98 Å². The number of carbonyl (C=O) groups excluding carboxylic acids is 2. The molecule has 3 amide bonds. The summed E-state index contributed by atoms with van der Waals surface area (Å²) in [5.41, 5.74) is 5.44. The highest BCUT2D eigenvalue weighted by Gasteiger charge is 2.24. The van der Waals surface area contributed by atoms with Gasteiger partial charge in [-0.3, -0.25) is 4.79 Å². The van der Waals surface area contributed by atoms with Crippen LogP contribution in [0.4, 0.5) is 37.6 Å². The third-order valence-corrected chi connectivity index (χ3v) is 5.54. The number of rotatable bonds is 6. The molecule has 36 heavy (non-hydrogen) atoms. The lowest BCUT2D eigenvalue weighted by atomic mass is 10.1. The number of ether oxygens (including phenoxy) is 1. The fourth-order valence-electron chi connectivity index (χ4n) is 3.88. The Morgan fingerprint density at radius 1 is 0.917 bits per heavy atom. The molecule has 0 fully saturated rings. The Morgan fingerprint density at radius 3 is 2.44 bits per heavy atom. The number of urea groups is 1. The quantitative estimate of drug-likeness (QED) is 0.215. The number of aromatic nitrogens is 1. The van der Waals surface area contributed by atoms with E-state index in [0.717, 1.165) is 22.6 Å². The summed E-state index contributed by atoms with van der Waals surface area (Å²) in [6, 6.07) is 20.2. The van der Waals surface area contributed by atoms with E-state index in [-0.39, 0.29) is 11.7 Å². The van der Waals surface area contributed by atoms with Gasteiger partial charge in [-0.05, 0) is 60.7 Å². The number of nitrogens with one attached hydrogen (secondary N) is 5. The highest BCUT2D eigenvalue weighted by atomic mass is 19.1. The first-order chi connectivity index (χ1) is 17.5. The monoisotopic (exact) mass is 483 g/mol. The average Bonchev–Trinajstić information content (AvgIpc) is 3.48. The van der Waals surface area contributed by atoms with Gasteiger partial charge in [0.15, 0.2) is 11.6 Å². The first-order valence-corrected chi connectivity index (χ1v) is 11.1. The Kier molecular flexibility index (Phi) is 6.10. The van der Waals surface area contributed by atoms with Crippen LogP contribution >= 0.6 is 0 Å². The van der Waals surface area contributed by atoms with Crippen molar-refractivity contribution in [2.75, 3.05) is 28.4 Å². The Balaban J connectivity index is 1.27.